The molecule has 0 aliphatic rings. The van der Waals surface area contributed by atoms with Crippen LogP contribution in [-0.4, -0.2) is 45.5 Å². The Bertz CT molecular complexity index is 1760. The molecule has 0 spiro atoms. The second kappa shape index (κ2) is 14.8. The summed E-state index contributed by atoms with van der Waals surface area (Å²) in [4.78, 5) is 67.1. The third kappa shape index (κ3) is 9.11. The average molecular weight is 636 g/mol. The molecule has 14 heteroatoms. The van der Waals surface area contributed by atoms with E-state index >= 15 is 0 Å². The van der Waals surface area contributed by atoms with Crippen LogP contribution in [0.25, 0.3) is 11.4 Å². The Morgan fingerprint density at radius 2 is 1.48 bits per heavy atom. The van der Waals surface area contributed by atoms with Crippen LogP contribution in [0, 0.1) is 0 Å². The van der Waals surface area contributed by atoms with Crippen molar-refractivity contribution in [2.24, 2.45) is 0 Å². The van der Waals surface area contributed by atoms with Gasteiger partial charge in [-0.1, -0.05) is 60.7 Å². The highest BCUT2D eigenvalue weighted by atomic mass is 19.4. The van der Waals surface area contributed by atoms with Gasteiger partial charge in [-0.2, -0.15) is 13.2 Å². The van der Waals surface area contributed by atoms with Crippen LogP contribution in [0.15, 0.2) is 95.9 Å². The van der Waals surface area contributed by atoms with E-state index in [-0.39, 0.29) is 24.0 Å². The molecule has 3 aromatic carbocycles. The molecule has 46 heavy (non-hydrogen) atoms. The molecule has 0 fully saturated rings. The van der Waals surface area contributed by atoms with Crippen molar-refractivity contribution in [2.75, 3.05) is 10.6 Å². The van der Waals surface area contributed by atoms with Gasteiger partial charge in [-0.15, -0.1) is 0 Å². The number of Topliss-reactive ketones (excluding diaryl/α,β-unsaturated/α-hetero) is 1. The quantitative estimate of drug-likeness (QED) is 0.220. The van der Waals surface area contributed by atoms with Crippen LogP contribution < -0.4 is 21.5 Å². The maximum absolute atomic E-state index is 13.6. The molecule has 0 bridgehead atoms. The van der Waals surface area contributed by atoms with Gasteiger partial charge in [0.2, 0.25) is 11.8 Å². The number of aromatic nitrogens is 2. The minimum atomic E-state index is -5.24. The first kappa shape index (κ1) is 33.1. The summed E-state index contributed by atoms with van der Waals surface area (Å²) in [6.07, 6.45) is -5.65. The summed E-state index contributed by atoms with van der Waals surface area (Å²) < 4.78 is 46.3. The second-order valence-corrected chi connectivity index (χ2v) is 10.0. The van der Waals surface area contributed by atoms with Crippen LogP contribution in [0.2, 0.25) is 0 Å². The summed E-state index contributed by atoms with van der Waals surface area (Å²) >= 11 is 0. The number of hydrogen-bond donors (Lipinski definition) is 3. The topological polar surface area (TPSA) is 148 Å². The molecular weight excluding hydrogens is 607 g/mol. The highest BCUT2D eigenvalue weighted by molar-refractivity contribution is 5.93. The number of ether oxygens (including phenoxy) is 1. The Labute approximate surface area is 260 Å². The average Bonchev–Trinajstić information content (AvgIpc) is 3.02. The van der Waals surface area contributed by atoms with Gasteiger partial charge in [0.15, 0.2) is 0 Å². The number of nitrogens with one attached hydrogen (secondary N) is 3. The number of benzene rings is 3. The van der Waals surface area contributed by atoms with Crippen molar-refractivity contribution in [3.8, 4) is 11.4 Å². The lowest BCUT2D eigenvalue weighted by Crippen LogP contribution is -2.49. The Balaban J connectivity index is 1.63. The third-order valence-electron chi connectivity index (χ3n) is 6.48. The number of rotatable bonds is 11. The maximum atomic E-state index is 13.6. The van der Waals surface area contributed by atoms with Crippen molar-refractivity contribution in [2.45, 2.75) is 38.7 Å². The van der Waals surface area contributed by atoms with Crippen LogP contribution in [0.3, 0.4) is 0 Å². The van der Waals surface area contributed by atoms with Crippen LogP contribution >= 0.6 is 0 Å². The number of anilines is 2. The standard InChI is InChI=1S/C32H28F3N5O6/c1-20(41)37-24-14-12-23(13-15-24)29-36-17-26(39-31(45)46-19-22-10-6-3-7-11-22)30(44)40(29)18-27(42)38-25(28(43)32(33,34)35)16-21-8-4-2-5-9-21/h2-15,17,25H,16,18-19H2,1H3,(H,37,41)(H,38,42)(H,39,45). The molecule has 0 saturated heterocycles. The van der Waals surface area contributed by atoms with Gasteiger partial charge in [-0.25, -0.2) is 9.78 Å². The van der Waals surface area contributed by atoms with Crippen molar-refractivity contribution in [3.05, 3.63) is 113 Å². The number of carbonyl (C=O) groups excluding carboxylic acids is 4. The van der Waals surface area contributed by atoms with E-state index in [1.807, 2.05) is 0 Å². The summed E-state index contributed by atoms with van der Waals surface area (Å²) in [5.41, 5.74) is 0.466. The molecule has 0 aliphatic heterocycles. The van der Waals surface area contributed by atoms with Crippen LogP contribution in [-0.2, 0) is 38.7 Å². The van der Waals surface area contributed by atoms with Gasteiger partial charge in [0.25, 0.3) is 11.3 Å². The molecule has 0 radical (unpaired) electrons. The Morgan fingerprint density at radius 1 is 0.870 bits per heavy atom. The number of alkyl halides is 3. The molecule has 3 N–H and O–H groups in total. The van der Waals surface area contributed by atoms with Crippen LogP contribution in [0.4, 0.5) is 29.3 Å². The summed E-state index contributed by atoms with van der Waals surface area (Å²) in [5, 5.41) is 6.96. The largest absolute Gasteiger partial charge is 0.452 e. The monoisotopic (exact) mass is 635 g/mol. The second-order valence-electron chi connectivity index (χ2n) is 10.0. The van der Waals surface area contributed by atoms with Crippen LogP contribution in [0.5, 0.6) is 0 Å². The van der Waals surface area contributed by atoms with Gasteiger partial charge >= 0.3 is 12.3 Å². The maximum Gasteiger partial charge on any atom is 0.452 e. The normalized spacial score (nSPS) is 11.7. The molecule has 3 amide bonds. The molecule has 0 saturated carbocycles. The Kier molecular flexibility index (Phi) is 10.6. The van der Waals surface area contributed by atoms with E-state index < -0.39 is 48.5 Å². The van der Waals surface area contributed by atoms with Crippen LogP contribution in [0.1, 0.15) is 18.1 Å². The van der Waals surface area contributed by atoms with Gasteiger partial charge in [0, 0.05) is 24.6 Å². The lowest BCUT2D eigenvalue weighted by molar-refractivity contribution is -0.173. The number of halogens is 3. The number of amides is 3. The van der Waals surface area contributed by atoms with Gasteiger partial charge in [-0.05, 0) is 35.4 Å². The molecule has 4 rings (SSSR count). The van der Waals surface area contributed by atoms with E-state index in [2.05, 4.69) is 20.9 Å². The number of carbonyl (C=O) groups is 4. The van der Waals surface area contributed by atoms with E-state index in [4.69, 9.17) is 4.74 Å². The zero-order valence-electron chi connectivity index (χ0n) is 24.3. The highest BCUT2D eigenvalue weighted by Gasteiger charge is 2.44. The molecule has 0 aliphatic carbocycles. The van der Waals surface area contributed by atoms with Gasteiger partial charge in [0.1, 0.15) is 30.7 Å². The first-order chi connectivity index (χ1) is 21.9. The first-order valence-electron chi connectivity index (χ1n) is 13.8. The minimum absolute atomic E-state index is 0.0838. The molecule has 1 atom stereocenters. The number of hydrogen-bond acceptors (Lipinski definition) is 7. The third-order valence-corrected chi connectivity index (χ3v) is 6.48. The predicted octanol–water partition coefficient (Wildman–Crippen LogP) is 4.48. The van der Waals surface area contributed by atoms with E-state index in [0.29, 0.717) is 22.4 Å². The van der Waals surface area contributed by atoms with Crippen molar-refractivity contribution >= 4 is 35.1 Å². The first-order valence-corrected chi connectivity index (χ1v) is 13.8. The predicted molar refractivity (Wildman–Crippen MR) is 162 cm³/mol. The fourth-order valence-electron chi connectivity index (χ4n) is 4.37. The van der Waals surface area contributed by atoms with E-state index in [1.165, 1.54) is 43.3 Å². The fourth-order valence-corrected chi connectivity index (χ4v) is 4.37. The highest BCUT2D eigenvalue weighted by Crippen LogP contribution is 2.22. The van der Waals surface area contributed by atoms with Crippen molar-refractivity contribution in [3.63, 3.8) is 0 Å². The fraction of sp³-hybridized carbons (Fsp3) is 0.188. The van der Waals surface area contributed by atoms with Crippen molar-refractivity contribution < 1.29 is 37.1 Å². The Morgan fingerprint density at radius 3 is 2.07 bits per heavy atom. The van der Waals surface area contributed by atoms with Gasteiger partial charge in [0.05, 0.1) is 6.20 Å². The van der Waals surface area contributed by atoms with E-state index in [0.717, 1.165) is 10.8 Å². The molecular formula is C32H28F3N5O6. The van der Waals surface area contributed by atoms with Gasteiger partial charge < -0.3 is 15.4 Å². The molecule has 1 aromatic heterocycles. The zero-order chi connectivity index (χ0) is 33.3. The molecule has 238 valence electrons. The summed E-state index contributed by atoms with van der Waals surface area (Å²) in [5.74, 6) is -3.67. The molecule has 4 aromatic rings. The minimum Gasteiger partial charge on any atom is -0.444 e. The lowest BCUT2D eigenvalue weighted by Gasteiger charge is -2.20. The smallest absolute Gasteiger partial charge is 0.444 e. The summed E-state index contributed by atoms with van der Waals surface area (Å²) in [6.45, 7) is 0.349. The van der Waals surface area contributed by atoms with Gasteiger partial charge in [-0.3, -0.25) is 29.1 Å². The molecule has 11 nitrogen and oxygen atoms in total. The van der Waals surface area contributed by atoms with Crippen molar-refractivity contribution in [1.82, 2.24) is 14.9 Å². The van der Waals surface area contributed by atoms with E-state index in [9.17, 15) is 37.1 Å². The van der Waals surface area contributed by atoms with Crippen molar-refractivity contribution in [1.29, 1.82) is 0 Å². The number of ketones is 1. The Hall–Kier alpha value is -5.79. The molecule has 1 unspecified atom stereocenters. The zero-order valence-corrected chi connectivity index (χ0v) is 24.3. The molecule has 1 heterocycles. The van der Waals surface area contributed by atoms with E-state index in [1.54, 1.807) is 48.5 Å². The summed E-state index contributed by atoms with van der Waals surface area (Å²) in [6, 6.07) is 20.6. The number of nitrogens with zero attached hydrogens (tertiary/aromatic N) is 2. The lowest BCUT2D eigenvalue weighted by atomic mass is 10.0. The summed E-state index contributed by atoms with van der Waals surface area (Å²) in [7, 11) is 0. The SMILES string of the molecule is CC(=O)Nc1ccc(-c2ncc(NC(=O)OCc3ccccc3)c(=O)n2CC(=O)NC(Cc2ccccc2)C(=O)C(F)(F)F)cc1.